The first-order valence-electron chi connectivity index (χ1n) is 6.08. The molecule has 0 radical (unpaired) electrons. The average molecular weight is 368 g/mol. The van der Waals surface area contributed by atoms with Crippen LogP contribution in [0, 0.1) is 0 Å². The minimum atomic E-state index is -3.64. The number of benzene rings is 1. The maximum atomic E-state index is 12.4. The molecule has 0 spiro atoms. The van der Waals surface area contributed by atoms with Gasteiger partial charge in [-0.3, -0.25) is 0 Å². The molecule has 0 heterocycles. The lowest BCUT2D eigenvalue weighted by Gasteiger charge is -2.28. The molecule has 0 amide bonds. The fraction of sp³-hybridized carbons (Fsp3) is 0.500. The molecule has 1 aromatic rings. The Kier molecular flexibility index (Phi) is 4.57. The fourth-order valence-electron chi connectivity index (χ4n) is 2.43. The number of nitrogens with two attached hydrogens (primary N) is 1. The van der Waals surface area contributed by atoms with E-state index >= 15 is 0 Å². The van der Waals surface area contributed by atoms with Crippen molar-refractivity contribution in [1.29, 1.82) is 0 Å². The van der Waals surface area contributed by atoms with Gasteiger partial charge < -0.3 is 5.73 Å². The maximum absolute atomic E-state index is 12.4. The summed E-state index contributed by atoms with van der Waals surface area (Å²) in [5.41, 5.74) is 5.23. The minimum Gasteiger partial charge on any atom is -0.329 e. The van der Waals surface area contributed by atoms with Gasteiger partial charge in [-0.1, -0.05) is 40.4 Å². The number of hydrogen-bond acceptors (Lipinski definition) is 3. The first kappa shape index (κ1) is 15.3. The van der Waals surface area contributed by atoms with Crippen LogP contribution in [-0.2, 0) is 10.0 Å². The van der Waals surface area contributed by atoms with Crippen LogP contribution in [0.2, 0.25) is 5.02 Å². The van der Waals surface area contributed by atoms with E-state index in [-0.39, 0.29) is 9.92 Å². The van der Waals surface area contributed by atoms with E-state index in [9.17, 15) is 8.42 Å². The molecule has 1 aliphatic carbocycles. The second kappa shape index (κ2) is 5.69. The van der Waals surface area contributed by atoms with E-state index in [2.05, 4.69) is 20.7 Å². The summed E-state index contributed by atoms with van der Waals surface area (Å²) >= 11 is 9.26. The molecule has 0 aromatic heterocycles. The van der Waals surface area contributed by atoms with E-state index in [0.29, 0.717) is 6.54 Å². The third-order valence-corrected chi connectivity index (χ3v) is 6.04. The fourth-order valence-corrected chi connectivity index (χ4v) is 4.94. The van der Waals surface area contributed by atoms with Crippen LogP contribution in [0.15, 0.2) is 27.6 Å². The van der Waals surface area contributed by atoms with Crippen molar-refractivity contribution in [3.05, 3.63) is 27.7 Å². The molecule has 0 unspecified atom stereocenters. The molecule has 0 atom stereocenters. The minimum absolute atomic E-state index is 0.0945. The Bertz CT molecular complexity index is 571. The van der Waals surface area contributed by atoms with Crippen molar-refractivity contribution < 1.29 is 8.42 Å². The molecule has 3 N–H and O–H groups in total. The number of halogens is 2. The third kappa shape index (κ3) is 3.31. The Morgan fingerprint density at radius 3 is 2.53 bits per heavy atom. The van der Waals surface area contributed by atoms with Crippen LogP contribution in [0.4, 0.5) is 0 Å². The smallest absolute Gasteiger partial charge is 0.242 e. The maximum Gasteiger partial charge on any atom is 0.242 e. The molecule has 2 rings (SSSR count). The van der Waals surface area contributed by atoms with Crippen LogP contribution in [0.5, 0.6) is 0 Å². The van der Waals surface area contributed by atoms with Gasteiger partial charge in [-0.05, 0) is 31.0 Å². The van der Waals surface area contributed by atoms with Gasteiger partial charge in [0, 0.05) is 16.6 Å². The van der Waals surface area contributed by atoms with Crippen LogP contribution in [0.3, 0.4) is 0 Å². The SMILES string of the molecule is NCC1(NS(=O)(=O)c2ccc(Br)cc2Cl)CCCC1. The van der Waals surface area contributed by atoms with Gasteiger partial charge in [-0.25, -0.2) is 13.1 Å². The van der Waals surface area contributed by atoms with Crippen molar-refractivity contribution in [3.63, 3.8) is 0 Å². The van der Waals surface area contributed by atoms with E-state index < -0.39 is 15.6 Å². The van der Waals surface area contributed by atoms with Crippen molar-refractivity contribution >= 4 is 37.6 Å². The monoisotopic (exact) mass is 366 g/mol. The highest BCUT2D eigenvalue weighted by Crippen LogP contribution is 2.32. The van der Waals surface area contributed by atoms with Crippen LogP contribution in [0.1, 0.15) is 25.7 Å². The van der Waals surface area contributed by atoms with Crippen molar-refractivity contribution in [2.24, 2.45) is 5.73 Å². The van der Waals surface area contributed by atoms with Crippen molar-refractivity contribution in [2.75, 3.05) is 6.54 Å². The van der Waals surface area contributed by atoms with Gasteiger partial charge in [0.15, 0.2) is 0 Å². The zero-order valence-electron chi connectivity index (χ0n) is 10.3. The Labute approximate surface area is 126 Å². The zero-order valence-corrected chi connectivity index (χ0v) is 13.5. The Morgan fingerprint density at radius 2 is 2.00 bits per heavy atom. The predicted molar refractivity (Wildman–Crippen MR) is 79.7 cm³/mol. The van der Waals surface area contributed by atoms with Gasteiger partial charge in [0.1, 0.15) is 4.90 Å². The highest BCUT2D eigenvalue weighted by molar-refractivity contribution is 9.10. The highest BCUT2D eigenvalue weighted by atomic mass is 79.9. The molecule has 1 fully saturated rings. The number of hydrogen-bond donors (Lipinski definition) is 2. The Hall–Kier alpha value is -0.140. The molecular formula is C12H16BrClN2O2S. The lowest BCUT2D eigenvalue weighted by Crippen LogP contribution is -2.51. The number of sulfonamides is 1. The van der Waals surface area contributed by atoms with Crippen LogP contribution in [-0.4, -0.2) is 20.5 Å². The van der Waals surface area contributed by atoms with Crippen LogP contribution in [0.25, 0.3) is 0 Å². The van der Waals surface area contributed by atoms with E-state index in [1.807, 2.05) is 0 Å². The third-order valence-electron chi connectivity index (χ3n) is 3.49. The van der Waals surface area contributed by atoms with Gasteiger partial charge in [-0.2, -0.15) is 0 Å². The first-order chi connectivity index (χ1) is 8.88. The van der Waals surface area contributed by atoms with Crippen molar-refractivity contribution in [3.8, 4) is 0 Å². The summed E-state index contributed by atoms with van der Waals surface area (Å²) in [7, 11) is -3.64. The van der Waals surface area contributed by atoms with Crippen LogP contribution < -0.4 is 10.5 Å². The molecular weight excluding hydrogens is 352 g/mol. The molecule has 0 bridgehead atoms. The Morgan fingerprint density at radius 1 is 1.37 bits per heavy atom. The average Bonchev–Trinajstić information content (AvgIpc) is 2.77. The van der Waals surface area contributed by atoms with Gasteiger partial charge in [0.2, 0.25) is 10.0 Å². The molecule has 4 nitrogen and oxygen atoms in total. The standard InChI is InChI=1S/C12H16BrClN2O2S/c13-9-3-4-11(10(14)7-9)19(17,18)16-12(8-15)5-1-2-6-12/h3-4,7,16H,1-2,5-6,8,15H2. The summed E-state index contributed by atoms with van der Waals surface area (Å²) in [4.78, 5) is 0.0945. The summed E-state index contributed by atoms with van der Waals surface area (Å²) in [6.45, 7) is 0.306. The van der Waals surface area contributed by atoms with E-state index in [4.69, 9.17) is 17.3 Å². The highest BCUT2D eigenvalue weighted by Gasteiger charge is 2.37. The summed E-state index contributed by atoms with van der Waals surface area (Å²) in [5, 5.41) is 0.201. The number of nitrogens with one attached hydrogen (secondary N) is 1. The summed E-state index contributed by atoms with van der Waals surface area (Å²) in [5.74, 6) is 0. The summed E-state index contributed by atoms with van der Waals surface area (Å²) < 4.78 is 28.3. The summed E-state index contributed by atoms with van der Waals surface area (Å²) in [6.07, 6.45) is 3.54. The molecule has 19 heavy (non-hydrogen) atoms. The van der Waals surface area contributed by atoms with Gasteiger partial charge in [-0.15, -0.1) is 0 Å². The van der Waals surface area contributed by atoms with Crippen molar-refractivity contribution in [1.82, 2.24) is 4.72 Å². The zero-order chi connectivity index (χ0) is 14.1. The molecule has 106 valence electrons. The molecule has 1 saturated carbocycles. The van der Waals surface area contributed by atoms with E-state index in [1.165, 1.54) is 6.07 Å². The number of rotatable bonds is 4. The second-order valence-electron chi connectivity index (χ2n) is 4.87. The topological polar surface area (TPSA) is 72.2 Å². The Balaban J connectivity index is 2.32. The van der Waals surface area contributed by atoms with E-state index in [0.717, 1.165) is 30.2 Å². The summed E-state index contributed by atoms with van der Waals surface area (Å²) in [6, 6.07) is 4.72. The van der Waals surface area contributed by atoms with E-state index in [1.54, 1.807) is 12.1 Å². The normalized spacial score (nSPS) is 18.7. The van der Waals surface area contributed by atoms with Crippen LogP contribution >= 0.6 is 27.5 Å². The largest absolute Gasteiger partial charge is 0.329 e. The molecule has 1 aromatic carbocycles. The quantitative estimate of drug-likeness (QED) is 0.859. The van der Waals surface area contributed by atoms with Crippen molar-refractivity contribution in [2.45, 2.75) is 36.1 Å². The lowest BCUT2D eigenvalue weighted by molar-refractivity contribution is 0.399. The van der Waals surface area contributed by atoms with Gasteiger partial charge >= 0.3 is 0 Å². The first-order valence-corrected chi connectivity index (χ1v) is 8.73. The molecule has 1 aliphatic rings. The predicted octanol–water partition coefficient (Wildman–Crippen LogP) is 2.65. The van der Waals surface area contributed by atoms with Gasteiger partial charge in [0.05, 0.1) is 5.02 Å². The lowest BCUT2D eigenvalue weighted by atomic mass is 10.0. The molecule has 7 heteroatoms. The van der Waals surface area contributed by atoms with Gasteiger partial charge in [0.25, 0.3) is 0 Å². The second-order valence-corrected chi connectivity index (χ2v) is 7.85. The molecule has 0 saturated heterocycles. The molecule has 0 aliphatic heterocycles.